The Bertz CT molecular complexity index is 981. The number of aryl methyl sites for hydroxylation is 3. The van der Waals surface area contributed by atoms with Crippen LogP contribution in [-0.4, -0.2) is 15.1 Å². The third-order valence-corrected chi connectivity index (χ3v) is 6.76. The zero-order valence-electron chi connectivity index (χ0n) is 15.5. The molecule has 0 spiro atoms. The number of anilines is 1. The van der Waals surface area contributed by atoms with E-state index in [0.717, 1.165) is 16.5 Å². The van der Waals surface area contributed by atoms with Gasteiger partial charge in [-0.3, -0.25) is 4.98 Å². The van der Waals surface area contributed by atoms with Crippen molar-refractivity contribution in [3.8, 4) is 0 Å². The van der Waals surface area contributed by atoms with Gasteiger partial charge in [0.25, 0.3) is 0 Å². The van der Waals surface area contributed by atoms with Gasteiger partial charge in [-0.2, -0.15) is 0 Å². The number of benzene rings is 1. The molecular weight excluding hydrogens is 467 g/mol. The smallest absolute Gasteiger partial charge is 0.174 e. The van der Waals surface area contributed by atoms with Crippen LogP contribution in [0.1, 0.15) is 40.3 Å². The number of thiocarbonyl (C=S) groups is 1. The molecule has 0 unspecified atom stereocenters. The van der Waals surface area contributed by atoms with Gasteiger partial charge < -0.3 is 15.2 Å². The van der Waals surface area contributed by atoms with E-state index < -0.39 is 0 Å². The fraction of sp³-hybridized carbons (Fsp3) is 0.238. The normalized spacial score (nSPS) is 19.4. The summed E-state index contributed by atoms with van der Waals surface area (Å²) >= 11 is 8.21. The Hall–Kier alpha value is -1.93. The van der Waals surface area contributed by atoms with Crippen molar-refractivity contribution in [2.75, 3.05) is 4.90 Å². The van der Waals surface area contributed by atoms with E-state index in [9.17, 15) is 0 Å². The molecule has 1 saturated heterocycles. The lowest BCUT2D eigenvalue weighted by Crippen LogP contribution is -2.29. The van der Waals surface area contributed by atoms with Crippen molar-refractivity contribution in [1.29, 1.82) is 0 Å². The van der Waals surface area contributed by atoms with Crippen LogP contribution in [0.15, 0.2) is 48.7 Å². The van der Waals surface area contributed by atoms with Crippen LogP contribution in [-0.2, 0) is 0 Å². The van der Waals surface area contributed by atoms with E-state index in [1.807, 2.05) is 18.3 Å². The molecule has 3 heterocycles. The molecule has 2 aromatic heterocycles. The van der Waals surface area contributed by atoms with Crippen LogP contribution in [0, 0.1) is 24.3 Å². The van der Waals surface area contributed by atoms with E-state index >= 15 is 0 Å². The van der Waals surface area contributed by atoms with Crippen LogP contribution in [0.2, 0.25) is 0 Å². The Morgan fingerprint density at radius 3 is 2.37 bits per heavy atom. The van der Waals surface area contributed by atoms with Gasteiger partial charge in [0.15, 0.2) is 5.11 Å². The molecule has 4 rings (SSSR count). The lowest BCUT2D eigenvalue weighted by Gasteiger charge is -2.28. The first-order valence-corrected chi connectivity index (χ1v) is 10.4. The summed E-state index contributed by atoms with van der Waals surface area (Å²) in [6.45, 7) is 6.35. The van der Waals surface area contributed by atoms with Gasteiger partial charge in [-0.1, -0.05) is 23.8 Å². The number of hydrogen-bond donors (Lipinski definition) is 2. The third kappa shape index (κ3) is 3.25. The summed E-state index contributed by atoms with van der Waals surface area (Å²) in [6, 6.07) is 14.6. The topological polar surface area (TPSA) is 44.0 Å². The summed E-state index contributed by atoms with van der Waals surface area (Å²) in [5.41, 5.74) is 6.95. The lowest BCUT2D eigenvalue weighted by molar-refractivity contribution is 0.564. The van der Waals surface area contributed by atoms with Gasteiger partial charge in [-0.25, -0.2) is 0 Å². The van der Waals surface area contributed by atoms with E-state index in [0.29, 0.717) is 0 Å². The highest BCUT2D eigenvalue weighted by Gasteiger charge is 2.42. The standard InChI is InChI=1S/C21H21IN4S/c1-12-7-9-15(10-8-12)26-20(17-13(2)24-14(3)18(17)22)19(25-21(26)27)16-6-4-5-11-23-16/h4-11,19-20,24H,1-3H3,(H,25,27)/t19-,20-/m0/s1. The predicted octanol–water partition coefficient (Wildman–Crippen LogP) is 5.12. The number of hydrogen-bond acceptors (Lipinski definition) is 2. The number of rotatable bonds is 3. The van der Waals surface area contributed by atoms with Crippen molar-refractivity contribution >= 4 is 45.6 Å². The summed E-state index contributed by atoms with van der Waals surface area (Å²) in [7, 11) is 0. The SMILES string of the molecule is Cc1ccc(N2C(=S)N[C@@H](c3ccccn3)[C@@H]2c2c(C)[nH]c(C)c2I)cc1. The van der Waals surface area contributed by atoms with E-state index in [-0.39, 0.29) is 12.1 Å². The molecule has 138 valence electrons. The maximum Gasteiger partial charge on any atom is 0.174 e. The van der Waals surface area contributed by atoms with Crippen molar-refractivity contribution in [3.05, 3.63) is 80.4 Å². The number of pyridine rings is 1. The summed E-state index contributed by atoms with van der Waals surface area (Å²) < 4.78 is 1.25. The summed E-state index contributed by atoms with van der Waals surface area (Å²) in [5, 5.41) is 4.25. The summed E-state index contributed by atoms with van der Waals surface area (Å²) in [6.07, 6.45) is 1.84. The largest absolute Gasteiger partial charge is 0.362 e. The summed E-state index contributed by atoms with van der Waals surface area (Å²) in [5.74, 6) is 0. The van der Waals surface area contributed by atoms with Gasteiger partial charge in [0.2, 0.25) is 0 Å². The molecule has 2 N–H and O–H groups in total. The molecule has 6 heteroatoms. The molecule has 1 aliphatic heterocycles. The molecule has 1 fully saturated rings. The highest BCUT2D eigenvalue weighted by Crippen LogP contribution is 2.44. The Labute approximate surface area is 178 Å². The fourth-order valence-corrected chi connectivity index (χ4v) is 4.96. The van der Waals surface area contributed by atoms with E-state index in [4.69, 9.17) is 12.2 Å². The van der Waals surface area contributed by atoms with E-state index in [1.165, 1.54) is 26.1 Å². The Morgan fingerprint density at radius 1 is 1.04 bits per heavy atom. The molecule has 0 saturated carbocycles. The first kappa shape index (κ1) is 18.4. The molecule has 27 heavy (non-hydrogen) atoms. The Morgan fingerprint density at radius 2 is 1.78 bits per heavy atom. The number of halogens is 1. The van der Waals surface area contributed by atoms with Crippen molar-refractivity contribution in [1.82, 2.24) is 15.3 Å². The van der Waals surface area contributed by atoms with E-state index in [1.54, 1.807) is 0 Å². The zero-order chi connectivity index (χ0) is 19.1. The number of aromatic nitrogens is 2. The average Bonchev–Trinajstić information content (AvgIpc) is 3.12. The Balaban J connectivity index is 1.89. The van der Waals surface area contributed by atoms with Gasteiger partial charge in [0, 0.05) is 32.4 Å². The van der Waals surface area contributed by atoms with Crippen LogP contribution < -0.4 is 10.2 Å². The monoisotopic (exact) mass is 488 g/mol. The second-order valence-electron chi connectivity index (χ2n) is 6.93. The fourth-order valence-electron chi connectivity index (χ4n) is 3.75. The zero-order valence-corrected chi connectivity index (χ0v) is 18.4. The third-order valence-electron chi connectivity index (χ3n) is 5.05. The van der Waals surface area contributed by atoms with Crippen LogP contribution in [0.5, 0.6) is 0 Å². The van der Waals surface area contributed by atoms with Crippen molar-refractivity contribution < 1.29 is 0 Å². The predicted molar refractivity (Wildman–Crippen MR) is 122 cm³/mol. The molecule has 2 atom stereocenters. The maximum atomic E-state index is 5.78. The van der Waals surface area contributed by atoms with Crippen molar-refractivity contribution in [3.63, 3.8) is 0 Å². The molecule has 0 amide bonds. The minimum Gasteiger partial charge on any atom is -0.362 e. The highest BCUT2D eigenvalue weighted by atomic mass is 127. The second-order valence-corrected chi connectivity index (χ2v) is 8.40. The first-order chi connectivity index (χ1) is 13.0. The maximum absolute atomic E-state index is 5.78. The lowest BCUT2D eigenvalue weighted by atomic mass is 9.96. The molecular formula is C21H21IN4S. The number of nitrogens with one attached hydrogen (secondary N) is 2. The average molecular weight is 488 g/mol. The number of nitrogens with zero attached hydrogens (tertiary/aromatic N) is 2. The van der Waals surface area contributed by atoms with Crippen LogP contribution in [0.4, 0.5) is 5.69 Å². The van der Waals surface area contributed by atoms with Crippen LogP contribution >= 0.6 is 34.8 Å². The van der Waals surface area contributed by atoms with Crippen molar-refractivity contribution in [2.45, 2.75) is 32.9 Å². The Kier molecular flexibility index (Phi) is 4.94. The molecule has 0 aliphatic carbocycles. The van der Waals surface area contributed by atoms with Crippen LogP contribution in [0.25, 0.3) is 0 Å². The minimum atomic E-state index is -0.0116. The van der Waals surface area contributed by atoms with Crippen molar-refractivity contribution in [2.24, 2.45) is 0 Å². The summed E-state index contributed by atoms with van der Waals surface area (Å²) in [4.78, 5) is 10.3. The second kappa shape index (κ2) is 7.24. The molecule has 0 bridgehead atoms. The quantitative estimate of drug-likeness (QED) is 0.397. The van der Waals surface area contributed by atoms with E-state index in [2.05, 4.69) is 93.9 Å². The molecule has 0 radical (unpaired) electrons. The molecule has 1 aromatic carbocycles. The minimum absolute atomic E-state index is 0.0116. The molecule has 3 aromatic rings. The van der Waals surface area contributed by atoms with Gasteiger partial charge in [0.1, 0.15) is 0 Å². The number of H-pyrrole nitrogens is 1. The van der Waals surface area contributed by atoms with Gasteiger partial charge in [-0.05, 0) is 79.8 Å². The number of aromatic amines is 1. The van der Waals surface area contributed by atoms with Gasteiger partial charge in [-0.15, -0.1) is 0 Å². The van der Waals surface area contributed by atoms with Crippen LogP contribution in [0.3, 0.4) is 0 Å². The van der Waals surface area contributed by atoms with Gasteiger partial charge in [0.05, 0.1) is 17.8 Å². The first-order valence-electron chi connectivity index (χ1n) is 8.89. The molecule has 1 aliphatic rings. The molecule has 4 nitrogen and oxygen atoms in total. The highest BCUT2D eigenvalue weighted by molar-refractivity contribution is 14.1. The van der Waals surface area contributed by atoms with Gasteiger partial charge >= 0.3 is 0 Å².